The molecule has 0 aliphatic carbocycles. The number of aryl methyl sites for hydroxylation is 1. The van der Waals surface area contributed by atoms with Crippen molar-refractivity contribution in [3.8, 4) is 5.75 Å². The molecule has 4 aromatic rings. The van der Waals surface area contributed by atoms with Crippen molar-refractivity contribution >= 4 is 78.0 Å². The van der Waals surface area contributed by atoms with Crippen molar-refractivity contribution in [3.63, 3.8) is 0 Å². The number of amides is 1. The maximum Gasteiger partial charge on any atom is 0.263 e. The SMILES string of the molecule is O=C1NC(=S)SC1=Cc1cc(Br)ccc1OCCCn1c2ccccc2c2ccccc21. The Bertz CT molecular complexity index is 1340. The lowest BCUT2D eigenvalue weighted by atomic mass is 10.2. The van der Waals surface area contributed by atoms with Gasteiger partial charge in [0, 0.05) is 38.4 Å². The van der Waals surface area contributed by atoms with Gasteiger partial charge < -0.3 is 14.6 Å². The van der Waals surface area contributed by atoms with E-state index in [9.17, 15) is 4.79 Å². The monoisotopic (exact) mass is 522 g/mol. The summed E-state index contributed by atoms with van der Waals surface area (Å²) in [4.78, 5) is 12.6. The second kappa shape index (κ2) is 9.10. The minimum absolute atomic E-state index is 0.169. The van der Waals surface area contributed by atoms with Crippen molar-refractivity contribution in [1.82, 2.24) is 9.88 Å². The quantitative estimate of drug-likeness (QED) is 0.178. The largest absolute Gasteiger partial charge is 0.493 e. The van der Waals surface area contributed by atoms with E-state index in [2.05, 4.69) is 74.3 Å². The number of hydrogen-bond donors (Lipinski definition) is 1. The van der Waals surface area contributed by atoms with E-state index in [1.54, 1.807) is 0 Å². The number of nitrogens with zero attached hydrogens (tertiary/aromatic N) is 1. The van der Waals surface area contributed by atoms with Crippen LogP contribution in [0.1, 0.15) is 12.0 Å². The minimum atomic E-state index is -0.169. The molecule has 1 fully saturated rings. The summed E-state index contributed by atoms with van der Waals surface area (Å²) in [7, 11) is 0. The van der Waals surface area contributed by atoms with Crippen LogP contribution >= 0.6 is 39.9 Å². The third kappa shape index (κ3) is 4.20. The van der Waals surface area contributed by atoms with Crippen molar-refractivity contribution in [2.45, 2.75) is 13.0 Å². The lowest BCUT2D eigenvalue weighted by molar-refractivity contribution is -0.115. The van der Waals surface area contributed by atoms with Gasteiger partial charge in [-0.2, -0.15) is 0 Å². The van der Waals surface area contributed by atoms with Crippen molar-refractivity contribution in [2.24, 2.45) is 0 Å². The fraction of sp³-hybridized carbons (Fsp3) is 0.120. The highest BCUT2D eigenvalue weighted by Crippen LogP contribution is 2.32. The summed E-state index contributed by atoms with van der Waals surface area (Å²) >= 11 is 9.86. The van der Waals surface area contributed by atoms with E-state index in [1.807, 2.05) is 24.3 Å². The van der Waals surface area contributed by atoms with E-state index in [1.165, 1.54) is 33.6 Å². The number of benzene rings is 3. The standard InChI is InChI=1S/C25H19BrN2O2S2/c26-17-10-11-22(16(14-17)15-23-24(29)27-25(31)32-23)30-13-5-12-28-20-8-3-1-6-18(20)19-7-2-4-9-21(19)28/h1-4,6-11,14-15H,5,12-13H2,(H,27,29,31). The number of thiocarbonyl (C=S) groups is 1. The Morgan fingerprint density at radius 2 is 1.72 bits per heavy atom. The number of para-hydroxylation sites is 2. The molecule has 0 radical (unpaired) electrons. The molecule has 2 heterocycles. The lowest BCUT2D eigenvalue weighted by Crippen LogP contribution is -2.17. The van der Waals surface area contributed by atoms with Gasteiger partial charge in [0.15, 0.2) is 0 Å². The number of carbonyl (C=O) groups is 1. The molecule has 1 N–H and O–H groups in total. The zero-order valence-corrected chi connectivity index (χ0v) is 20.2. The Kier molecular flexibility index (Phi) is 6.04. The van der Waals surface area contributed by atoms with Crippen LogP contribution in [-0.2, 0) is 11.3 Å². The predicted octanol–water partition coefficient (Wildman–Crippen LogP) is 6.51. The molecule has 32 heavy (non-hydrogen) atoms. The van der Waals surface area contributed by atoms with Crippen LogP contribution in [-0.4, -0.2) is 21.4 Å². The maximum absolute atomic E-state index is 12.0. The molecule has 160 valence electrons. The summed E-state index contributed by atoms with van der Waals surface area (Å²) < 4.78 is 9.90. The number of carbonyl (C=O) groups excluding carboxylic acids is 1. The van der Waals surface area contributed by atoms with Gasteiger partial charge in [-0.05, 0) is 42.8 Å². The highest BCUT2D eigenvalue weighted by atomic mass is 79.9. The van der Waals surface area contributed by atoms with Crippen LogP contribution < -0.4 is 10.1 Å². The van der Waals surface area contributed by atoms with Gasteiger partial charge in [0.2, 0.25) is 0 Å². The molecule has 0 unspecified atom stereocenters. The molecular formula is C25H19BrN2O2S2. The topological polar surface area (TPSA) is 43.3 Å². The van der Waals surface area contributed by atoms with Gasteiger partial charge in [0.25, 0.3) is 5.91 Å². The van der Waals surface area contributed by atoms with E-state index in [-0.39, 0.29) is 5.91 Å². The van der Waals surface area contributed by atoms with Crippen molar-refractivity contribution in [1.29, 1.82) is 0 Å². The Labute approximate surface area is 203 Å². The fourth-order valence-corrected chi connectivity index (χ4v) is 5.39. The third-order valence-electron chi connectivity index (χ3n) is 5.36. The number of nitrogens with one attached hydrogen (secondary N) is 1. The molecule has 1 aromatic heterocycles. The molecule has 0 saturated carbocycles. The van der Waals surface area contributed by atoms with Crippen LogP contribution in [0.5, 0.6) is 5.75 Å². The molecule has 1 saturated heterocycles. The van der Waals surface area contributed by atoms with Crippen LogP contribution in [0.25, 0.3) is 27.9 Å². The highest BCUT2D eigenvalue weighted by Gasteiger charge is 2.22. The zero-order chi connectivity index (χ0) is 22.1. The normalized spacial score (nSPS) is 15.1. The van der Waals surface area contributed by atoms with E-state index in [4.69, 9.17) is 17.0 Å². The van der Waals surface area contributed by atoms with Gasteiger partial charge in [0.1, 0.15) is 10.1 Å². The van der Waals surface area contributed by atoms with E-state index < -0.39 is 0 Å². The molecule has 1 aliphatic rings. The first-order valence-corrected chi connectivity index (χ1v) is 12.2. The predicted molar refractivity (Wildman–Crippen MR) is 140 cm³/mol. The van der Waals surface area contributed by atoms with E-state index in [0.717, 1.165) is 28.8 Å². The average Bonchev–Trinajstić information content (AvgIpc) is 3.28. The minimum Gasteiger partial charge on any atom is -0.493 e. The molecule has 3 aromatic carbocycles. The lowest BCUT2D eigenvalue weighted by Gasteiger charge is -2.12. The summed E-state index contributed by atoms with van der Waals surface area (Å²) in [6.45, 7) is 1.42. The summed E-state index contributed by atoms with van der Waals surface area (Å²) in [5.41, 5.74) is 3.32. The summed E-state index contributed by atoms with van der Waals surface area (Å²) in [5, 5.41) is 5.20. The molecule has 1 aliphatic heterocycles. The first kappa shape index (κ1) is 21.2. The van der Waals surface area contributed by atoms with Gasteiger partial charge in [-0.3, -0.25) is 4.79 Å². The molecule has 5 rings (SSSR count). The van der Waals surface area contributed by atoms with Crippen LogP contribution in [0.15, 0.2) is 76.1 Å². The Morgan fingerprint density at radius 1 is 1.03 bits per heavy atom. The van der Waals surface area contributed by atoms with Gasteiger partial charge in [0.05, 0.1) is 11.5 Å². The first-order valence-electron chi connectivity index (χ1n) is 10.2. The third-order valence-corrected chi connectivity index (χ3v) is 7.02. The smallest absolute Gasteiger partial charge is 0.263 e. The Morgan fingerprint density at radius 3 is 2.38 bits per heavy atom. The fourth-order valence-electron chi connectivity index (χ4n) is 3.97. The van der Waals surface area contributed by atoms with Crippen LogP contribution in [0.3, 0.4) is 0 Å². The molecule has 4 nitrogen and oxygen atoms in total. The number of rotatable bonds is 6. The van der Waals surface area contributed by atoms with Crippen LogP contribution in [0.4, 0.5) is 0 Å². The van der Waals surface area contributed by atoms with Gasteiger partial charge in [-0.1, -0.05) is 76.3 Å². The number of aromatic nitrogens is 1. The second-order valence-corrected chi connectivity index (χ2v) is 10.1. The Hall–Kier alpha value is -2.61. The number of hydrogen-bond acceptors (Lipinski definition) is 4. The van der Waals surface area contributed by atoms with Crippen LogP contribution in [0.2, 0.25) is 0 Å². The van der Waals surface area contributed by atoms with Gasteiger partial charge >= 0.3 is 0 Å². The maximum atomic E-state index is 12.0. The summed E-state index contributed by atoms with van der Waals surface area (Å²) in [5.74, 6) is 0.575. The molecule has 0 atom stereocenters. The van der Waals surface area contributed by atoms with Crippen molar-refractivity contribution in [2.75, 3.05) is 6.61 Å². The Balaban J connectivity index is 1.33. The molecular weight excluding hydrogens is 504 g/mol. The highest BCUT2D eigenvalue weighted by molar-refractivity contribution is 9.10. The van der Waals surface area contributed by atoms with Crippen molar-refractivity contribution in [3.05, 3.63) is 81.7 Å². The molecule has 7 heteroatoms. The summed E-state index contributed by atoms with van der Waals surface area (Å²) in [6, 6.07) is 22.8. The molecule has 0 spiro atoms. The average molecular weight is 523 g/mol. The number of thioether (sulfide) groups is 1. The number of fused-ring (bicyclic) bond motifs is 3. The molecule has 0 bridgehead atoms. The van der Waals surface area contributed by atoms with Crippen LogP contribution in [0, 0.1) is 0 Å². The summed E-state index contributed by atoms with van der Waals surface area (Å²) in [6.07, 6.45) is 2.68. The second-order valence-electron chi connectivity index (χ2n) is 7.42. The van der Waals surface area contributed by atoms with Gasteiger partial charge in [-0.15, -0.1) is 0 Å². The van der Waals surface area contributed by atoms with Crippen molar-refractivity contribution < 1.29 is 9.53 Å². The number of ether oxygens (including phenoxy) is 1. The first-order chi connectivity index (χ1) is 15.6. The zero-order valence-electron chi connectivity index (χ0n) is 17.0. The number of halogens is 1. The van der Waals surface area contributed by atoms with Gasteiger partial charge in [-0.25, -0.2) is 0 Å². The molecule has 1 amide bonds. The van der Waals surface area contributed by atoms with E-state index >= 15 is 0 Å². The van der Waals surface area contributed by atoms with E-state index in [0.29, 0.717) is 15.8 Å².